The second-order valence-electron chi connectivity index (χ2n) is 3.95. The van der Waals surface area contributed by atoms with Gasteiger partial charge in [-0.15, -0.1) is 0 Å². The van der Waals surface area contributed by atoms with Crippen molar-refractivity contribution in [2.75, 3.05) is 12.1 Å². The molecular weight excluding hydrogens is 266 g/mol. The molecule has 1 aliphatic heterocycles. The van der Waals surface area contributed by atoms with E-state index < -0.39 is 0 Å². The van der Waals surface area contributed by atoms with Gasteiger partial charge in [-0.3, -0.25) is 15.6 Å². The topological polar surface area (TPSA) is 71.6 Å². The minimum absolute atomic E-state index is 0.0997. The van der Waals surface area contributed by atoms with E-state index >= 15 is 0 Å². The van der Waals surface area contributed by atoms with E-state index in [-0.39, 0.29) is 12.7 Å². The van der Waals surface area contributed by atoms with Gasteiger partial charge in [0.05, 0.1) is 0 Å². The van der Waals surface area contributed by atoms with Crippen LogP contribution in [0.3, 0.4) is 0 Å². The summed E-state index contributed by atoms with van der Waals surface area (Å²) in [5, 5.41) is 3.25. The molecule has 0 spiro atoms. The standard InChI is InChI=1S/C12H15N3O3S/c1-2-3-11(16)14-15-12(19)13-8-4-5-9-10(6-8)18-7-17-9/h4-6H,2-3,7H2,1H3,(H,14,16)(H2,13,15,19). The number of hydrazine groups is 1. The van der Waals surface area contributed by atoms with E-state index in [1.165, 1.54) is 0 Å². The summed E-state index contributed by atoms with van der Waals surface area (Å²) < 4.78 is 10.5. The first-order valence-electron chi connectivity index (χ1n) is 5.94. The molecule has 0 fully saturated rings. The zero-order chi connectivity index (χ0) is 13.7. The predicted octanol–water partition coefficient (Wildman–Crippen LogP) is 1.53. The number of anilines is 1. The number of hydrogen-bond acceptors (Lipinski definition) is 4. The van der Waals surface area contributed by atoms with Gasteiger partial charge in [0.2, 0.25) is 12.7 Å². The number of hydrogen-bond donors (Lipinski definition) is 3. The molecule has 0 aromatic heterocycles. The number of thiocarbonyl (C=S) groups is 1. The average Bonchev–Trinajstić information content (AvgIpc) is 2.84. The Balaban J connectivity index is 1.84. The number of carbonyl (C=O) groups excluding carboxylic acids is 1. The highest BCUT2D eigenvalue weighted by Crippen LogP contribution is 2.34. The molecule has 1 aliphatic rings. The van der Waals surface area contributed by atoms with Crippen LogP contribution in [-0.4, -0.2) is 17.8 Å². The van der Waals surface area contributed by atoms with Crippen LogP contribution >= 0.6 is 12.2 Å². The number of carbonyl (C=O) groups is 1. The van der Waals surface area contributed by atoms with Gasteiger partial charge >= 0.3 is 0 Å². The zero-order valence-electron chi connectivity index (χ0n) is 10.5. The van der Waals surface area contributed by atoms with Crippen LogP contribution in [0.5, 0.6) is 11.5 Å². The SMILES string of the molecule is CCCC(=O)NNC(=S)Nc1ccc2c(c1)OCO2. The molecule has 7 heteroatoms. The van der Waals surface area contributed by atoms with Crippen LogP contribution in [0, 0.1) is 0 Å². The van der Waals surface area contributed by atoms with Crippen molar-refractivity contribution < 1.29 is 14.3 Å². The number of ether oxygens (including phenoxy) is 2. The third-order valence-electron chi connectivity index (χ3n) is 2.42. The van der Waals surface area contributed by atoms with Gasteiger partial charge in [-0.05, 0) is 30.8 Å². The highest BCUT2D eigenvalue weighted by atomic mass is 32.1. The number of rotatable bonds is 3. The first-order valence-corrected chi connectivity index (χ1v) is 6.35. The summed E-state index contributed by atoms with van der Waals surface area (Å²) in [6.45, 7) is 2.16. The molecule has 1 heterocycles. The zero-order valence-corrected chi connectivity index (χ0v) is 11.3. The van der Waals surface area contributed by atoms with E-state index in [2.05, 4.69) is 16.2 Å². The van der Waals surface area contributed by atoms with E-state index in [1.54, 1.807) is 12.1 Å². The first kappa shape index (κ1) is 13.4. The van der Waals surface area contributed by atoms with Gasteiger partial charge in [-0.25, -0.2) is 0 Å². The van der Waals surface area contributed by atoms with E-state index in [4.69, 9.17) is 21.7 Å². The largest absolute Gasteiger partial charge is 0.454 e. The lowest BCUT2D eigenvalue weighted by Crippen LogP contribution is -2.43. The Morgan fingerprint density at radius 2 is 2.11 bits per heavy atom. The Hall–Kier alpha value is -2.02. The quantitative estimate of drug-likeness (QED) is 0.576. The minimum atomic E-state index is -0.0997. The maximum Gasteiger partial charge on any atom is 0.238 e. The van der Waals surface area contributed by atoms with Crippen LogP contribution in [-0.2, 0) is 4.79 Å². The second kappa shape index (κ2) is 6.24. The van der Waals surface area contributed by atoms with Crippen molar-refractivity contribution in [1.82, 2.24) is 10.9 Å². The van der Waals surface area contributed by atoms with Crippen molar-refractivity contribution in [3.8, 4) is 11.5 Å². The van der Waals surface area contributed by atoms with Crippen LogP contribution in [0.4, 0.5) is 5.69 Å². The highest BCUT2D eigenvalue weighted by molar-refractivity contribution is 7.80. The molecule has 0 unspecified atom stereocenters. The van der Waals surface area contributed by atoms with Crippen LogP contribution < -0.4 is 25.6 Å². The molecule has 6 nitrogen and oxygen atoms in total. The maximum atomic E-state index is 11.3. The molecule has 3 N–H and O–H groups in total. The fourth-order valence-corrected chi connectivity index (χ4v) is 1.72. The van der Waals surface area contributed by atoms with Crippen LogP contribution in [0.2, 0.25) is 0 Å². The summed E-state index contributed by atoms with van der Waals surface area (Å²) in [5.74, 6) is 1.28. The summed E-state index contributed by atoms with van der Waals surface area (Å²) in [7, 11) is 0. The molecular formula is C12H15N3O3S. The Morgan fingerprint density at radius 3 is 2.89 bits per heavy atom. The molecule has 1 aromatic rings. The third kappa shape index (κ3) is 3.72. The van der Waals surface area contributed by atoms with Crippen LogP contribution in [0.15, 0.2) is 18.2 Å². The minimum Gasteiger partial charge on any atom is -0.454 e. The molecule has 102 valence electrons. The number of fused-ring (bicyclic) bond motifs is 1. The van der Waals surface area contributed by atoms with Crippen molar-refractivity contribution >= 4 is 28.9 Å². The summed E-state index contributed by atoms with van der Waals surface area (Å²) in [6, 6.07) is 5.39. The van der Waals surface area contributed by atoms with Gasteiger partial charge < -0.3 is 14.8 Å². The summed E-state index contributed by atoms with van der Waals surface area (Å²) in [5.41, 5.74) is 5.90. The van der Waals surface area contributed by atoms with Gasteiger partial charge in [-0.2, -0.15) is 0 Å². The molecule has 19 heavy (non-hydrogen) atoms. The molecule has 2 rings (SSSR count). The van der Waals surface area contributed by atoms with Crippen LogP contribution in [0.25, 0.3) is 0 Å². The van der Waals surface area contributed by atoms with Crippen molar-refractivity contribution in [1.29, 1.82) is 0 Å². The van der Waals surface area contributed by atoms with E-state index in [0.717, 1.165) is 12.1 Å². The third-order valence-corrected chi connectivity index (χ3v) is 2.63. The lowest BCUT2D eigenvalue weighted by molar-refractivity contribution is -0.121. The molecule has 1 aromatic carbocycles. The molecule has 0 atom stereocenters. The molecule has 0 aliphatic carbocycles. The first-order chi connectivity index (χ1) is 9.19. The Morgan fingerprint density at radius 1 is 1.32 bits per heavy atom. The number of nitrogens with one attached hydrogen (secondary N) is 3. The summed E-state index contributed by atoms with van der Waals surface area (Å²) in [4.78, 5) is 11.3. The fourth-order valence-electron chi connectivity index (χ4n) is 1.55. The van der Waals surface area contributed by atoms with Gasteiger partial charge in [0, 0.05) is 18.2 Å². The Labute approximate surface area is 116 Å². The Kier molecular flexibility index (Phi) is 4.40. The maximum absolute atomic E-state index is 11.3. The molecule has 0 saturated heterocycles. The molecule has 0 saturated carbocycles. The lowest BCUT2D eigenvalue weighted by atomic mass is 10.3. The monoisotopic (exact) mass is 281 g/mol. The number of benzene rings is 1. The van der Waals surface area contributed by atoms with Crippen molar-refractivity contribution in [3.05, 3.63) is 18.2 Å². The van der Waals surface area contributed by atoms with Gasteiger partial charge in [0.1, 0.15) is 0 Å². The lowest BCUT2D eigenvalue weighted by Gasteiger charge is -2.11. The summed E-state index contributed by atoms with van der Waals surface area (Å²) in [6.07, 6.45) is 1.25. The van der Waals surface area contributed by atoms with Crippen molar-refractivity contribution in [3.63, 3.8) is 0 Å². The van der Waals surface area contributed by atoms with Crippen molar-refractivity contribution in [2.24, 2.45) is 0 Å². The normalized spacial score (nSPS) is 11.8. The van der Waals surface area contributed by atoms with Crippen LogP contribution in [0.1, 0.15) is 19.8 Å². The molecule has 0 bridgehead atoms. The molecule has 1 amide bonds. The summed E-state index contributed by atoms with van der Waals surface area (Å²) >= 11 is 5.06. The predicted molar refractivity (Wildman–Crippen MR) is 75.0 cm³/mol. The smallest absolute Gasteiger partial charge is 0.238 e. The average molecular weight is 281 g/mol. The molecule has 0 radical (unpaired) electrons. The van der Waals surface area contributed by atoms with E-state index in [9.17, 15) is 4.79 Å². The van der Waals surface area contributed by atoms with Gasteiger partial charge in [-0.1, -0.05) is 6.92 Å². The second-order valence-corrected chi connectivity index (χ2v) is 4.35. The Bertz CT molecular complexity index is 493. The van der Waals surface area contributed by atoms with Gasteiger partial charge in [0.15, 0.2) is 16.6 Å². The fraction of sp³-hybridized carbons (Fsp3) is 0.333. The van der Waals surface area contributed by atoms with Gasteiger partial charge in [0.25, 0.3) is 0 Å². The van der Waals surface area contributed by atoms with E-state index in [0.29, 0.717) is 23.0 Å². The highest BCUT2D eigenvalue weighted by Gasteiger charge is 2.13. The van der Waals surface area contributed by atoms with Crippen molar-refractivity contribution in [2.45, 2.75) is 19.8 Å². The van der Waals surface area contributed by atoms with E-state index in [1.807, 2.05) is 13.0 Å². The number of amides is 1.